The number of rotatable bonds is 2. The molecule has 0 unspecified atom stereocenters. The maximum atomic E-state index is 12.4. The van der Waals surface area contributed by atoms with E-state index in [9.17, 15) is 4.79 Å². The van der Waals surface area contributed by atoms with Gasteiger partial charge in [-0.05, 0) is 40.2 Å². The summed E-state index contributed by atoms with van der Waals surface area (Å²) >= 11 is 16.6. The fourth-order valence-corrected chi connectivity index (χ4v) is 3.13. The van der Waals surface area contributed by atoms with Gasteiger partial charge >= 0.3 is 0 Å². The van der Waals surface area contributed by atoms with E-state index in [0.717, 1.165) is 11.7 Å². The lowest BCUT2D eigenvalue weighted by atomic mass is 10.2. The molecule has 0 spiro atoms. The SMILES string of the molecule is O=C(Nc1c(Cl)ccc2nsnc12)c1cccc(Br)c1Cl. The Bertz CT molecular complexity index is 853. The molecule has 1 amide bonds. The highest BCUT2D eigenvalue weighted by Crippen LogP contribution is 2.32. The van der Waals surface area contributed by atoms with Crippen LogP contribution in [0.1, 0.15) is 10.4 Å². The smallest absolute Gasteiger partial charge is 0.257 e. The molecule has 0 aliphatic heterocycles. The number of hydrogen-bond donors (Lipinski definition) is 1. The Morgan fingerprint density at radius 3 is 2.81 bits per heavy atom. The maximum Gasteiger partial charge on any atom is 0.257 e. The molecule has 0 atom stereocenters. The Morgan fingerprint density at radius 2 is 2.00 bits per heavy atom. The molecule has 0 radical (unpaired) electrons. The highest BCUT2D eigenvalue weighted by molar-refractivity contribution is 9.10. The molecule has 1 heterocycles. The summed E-state index contributed by atoms with van der Waals surface area (Å²) in [6.45, 7) is 0. The molecule has 4 nitrogen and oxygen atoms in total. The molecule has 2 aromatic carbocycles. The summed E-state index contributed by atoms with van der Waals surface area (Å²) in [7, 11) is 0. The van der Waals surface area contributed by atoms with Crippen molar-refractivity contribution in [3.05, 3.63) is 50.4 Å². The summed E-state index contributed by atoms with van der Waals surface area (Å²) in [5.41, 5.74) is 2.03. The number of amides is 1. The van der Waals surface area contributed by atoms with E-state index in [4.69, 9.17) is 23.2 Å². The maximum absolute atomic E-state index is 12.4. The summed E-state index contributed by atoms with van der Waals surface area (Å²) in [6, 6.07) is 8.55. The number of carbonyl (C=O) groups is 1. The van der Waals surface area contributed by atoms with Crippen LogP contribution >= 0.6 is 50.9 Å². The summed E-state index contributed by atoms with van der Waals surface area (Å²) in [5, 5.41) is 3.49. The van der Waals surface area contributed by atoms with Crippen LogP contribution in [0, 0.1) is 0 Å². The minimum atomic E-state index is -0.358. The molecular formula is C13H6BrCl2N3OS. The quantitative estimate of drug-likeness (QED) is 0.655. The van der Waals surface area contributed by atoms with E-state index >= 15 is 0 Å². The highest BCUT2D eigenvalue weighted by atomic mass is 79.9. The minimum absolute atomic E-state index is 0.342. The van der Waals surface area contributed by atoms with Crippen molar-refractivity contribution in [3.63, 3.8) is 0 Å². The number of carbonyl (C=O) groups excluding carboxylic acids is 1. The number of nitrogens with zero attached hydrogens (tertiary/aromatic N) is 2. The normalized spacial score (nSPS) is 10.8. The lowest BCUT2D eigenvalue weighted by molar-refractivity contribution is 0.102. The van der Waals surface area contributed by atoms with Crippen molar-refractivity contribution in [1.82, 2.24) is 8.75 Å². The highest BCUT2D eigenvalue weighted by Gasteiger charge is 2.17. The van der Waals surface area contributed by atoms with E-state index in [1.807, 2.05) is 0 Å². The predicted molar refractivity (Wildman–Crippen MR) is 89.5 cm³/mol. The van der Waals surface area contributed by atoms with Gasteiger partial charge in [0.2, 0.25) is 0 Å². The zero-order chi connectivity index (χ0) is 15.0. The molecule has 0 aliphatic rings. The molecule has 8 heteroatoms. The first-order chi connectivity index (χ1) is 10.1. The molecule has 3 aromatic rings. The van der Waals surface area contributed by atoms with Crippen LogP contribution in [-0.4, -0.2) is 14.7 Å². The van der Waals surface area contributed by atoms with Crippen LogP contribution < -0.4 is 5.32 Å². The zero-order valence-corrected chi connectivity index (χ0v) is 14.1. The molecule has 0 saturated carbocycles. The number of aromatic nitrogens is 2. The van der Waals surface area contributed by atoms with Gasteiger partial charge in [-0.15, -0.1) is 0 Å². The fourth-order valence-electron chi connectivity index (χ4n) is 1.81. The first-order valence-corrected chi connectivity index (χ1v) is 8.02. The van der Waals surface area contributed by atoms with E-state index in [1.165, 1.54) is 0 Å². The van der Waals surface area contributed by atoms with Gasteiger partial charge in [0.25, 0.3) is 5.91 Å². The van der Waals surface area contributed by atoms with Gasteiger partial charge in [0.05, 0.1) is 33.0 Å². The van der Waals surface area contributed by atoms with Gasteiger partial charge in [-0.2, -0.15) is 8.75 Å². The largest absolute Gasteiger partial charge is 0.319 e. The number of anilines is 1. The van der Waals surface area contributed by atoms with Crippen molar-refractivity contribution in [2.24, 2.45) is 0 Å². The van der Waals surface area contributed by atoms with Crippen LogP contribution in [0.25, 0.3) is 11.0 Å². The van der Waals surface area contributed by atoms with E-state index in [0.29, 0.717) is 36.8 Å². The monoisotopic (exact) mass is 401 g/mol. The van der Waals surface area contributed by atoms with E-state index < -0.39 is 0 Å². The second-order valence-electron chi connectivity index (χ2n) is 4.11. The molecule has 0 saturated heterocycles. The standard InChI is InChI=1S/C13H6BrCl2N3OS/c14-7-3-1-2-6(10(7)16)13(20)17-11-8(15)4-5-9-12(11)19-21-18-9/h1-5H,(H,17,20). The molecule has 106 valence electrons. The average Bonchev–Trinajstić information content (AvgIpc) is 2.93. The number of halogens is 3. The topological polar surface area (TPSA) is 54.9 Å². The molecule has 3 rings (SSSR count). The van der Waals surface area contributed by atoms with E-state index in [1.54, 1.807) is 30.3 Å². The van der Waals surface area contributed by atoms with Gasteiger partial charge in [0.15, 0.2) is 0 Å². The lowest BCUT2D eigenvalue weighted by Crippen LogP contribution is -2.13. The second kappa shape index (κ2) is 5.88. The first kappa shape index (κ1) is 14.7. The summed E-state index contributed by atoms with van der Waals surface area (Å²) in [6.07, 6.45) is 0. The average molecular weight is 403 g/mol. The Balaban J connectivity index is 2.02. The number of nitrogens with one attached hydrogen (secondary N) is 1. The first-order valence-electron chi connectivity index (χ1n) is 5.74. The van der Waals surface area contributed by atoms with Crippen LogP contribution in [-0.2, 0) is 0 Å². The van der Waals surface area contributed by atoms with Crippen molar-refractivity contribution >= 4 is 73.5 Å². The third kappa shape index (κ3) is 2.76. The van der Waals surface area contributed by atoms with Crippen LogP contribution in [0.4, 0.5) is 5.69 Å². The van der Waals surface area contributed by atoms with Gasteiger partial charge in [-0.1, -0.05) is 29.3 Å². The van der Waals surface area contributed by atoms with Gasteiger partial charge in [-0.25, -0.2) is 0 Å². The molecule has 0 fully saturated rings. The number of benzene rings is 2. The Kier molecular flexibility index (Phi) is 4.12. The second-order valence-corrected chi connectivity index (χ2v) is 6.28. The summed E-state index contributed by atoms with van der Waals surface area (Å²) in [4.78, 5) is 12.4. The van der Waals surface area contributed by atoms with E-state index in [2.05, 4.69) is 30.0 Å². The van der Waals surface area contributed by atoms with Crippen LogP contribution in [0.5, 0.6) is 0 Å². The van der Waals surface area contributed by atoms with Crippen LogP contribution in [0.3, 0.4) is 0 Å². The molecule has 21 heavy (non-hydrogen) atoms. The van der Waals surface area contributed by atoms with Crippen molar-refractivity contribution in [3.8, 4) is 0 Å². The zero-order valence-electron chi connectivity index (χ0n) is 10.2. The Labute approximate surface area is 142 Å². The van der Waals surface area contributed by atoms with Crippen molar-refractivity contribution in [1.29, 1.82) is 0 Å². The molecule has 0 bridgehead atoms. The van der Waals surface area contributed by atoms with Gasteiger partial charge < -0.3 is 5.32 Å². The predicted octanol–water partition coefficient (Wildman–Crippen LogP) is 5.01. The van der Waals surface area contributed by atoms with Crippen LogP contribution in [0.2, 0.25) is 10.0 Å². The van der Waals surface area contributed by atoms with Gasteiger partial charge in [0.1, 0.15) is 11.0 Å². The van der Waals surface area contributed by atoms with Gasteiger partial charge in [0, 0.05) is 4.47 Å². The van der Waals surface area contributed by atoms with Crippen molar-refractivity contribution < 1.29 is 4.79 Å². The van der Waals surface area contributed by atoms with Crippen LogP contribution in [0.15, 0.2) is 34.8 Å². The van der Waals surface area contributed by atoms with Gasteiger partial charge in [-0.3, -0.25) is 4.79 Å². The van der Waals surface area contributed by atoms with Crippen molar-refractivity contribution in [2.45, 2.75) is 0 Å². The summed E-state index contributed by atoms with van der Waals surface area (Å²) < 4.78 is 8.92. The number of fused-ring (bicyclic) bond motifs is 1. The number of hydrogen-bond acceptors (Lipinski definition) is 4. The Hall–Kier alpha value is -1.21. The molecule has 1 N–H and O–H groups in total. The molecule has 1 aromatic heterocycles. The molecular weight excluding hydrogens is 397 g/mol. The third-order valence-electron chi connectivity index (χ3n) is 2.81. The Morgan fingerprint density at radius 1 is 1.19 bits per heavy atom. The lowest BCUT2D eigenvalue weighted by Gasteiger charge is -2.09. The third-order valence-corrected chi connectivity index (χ3v) is 4.97. The fraction of sp³-hybridized carbons (Fsp3) is 0. The molecule has 0 aliphatic carbocycles. The summed E-state index contributed by atoms with van der Waals surface area (Å²) in [5.74, 6) is -0.358. The minimum Gasteiger partial charge on any atom is -0.319 e. The van der Waals surface area contributed by atoms with Crippen molar-refractivity contribution in [2.75, 3.05) is 5.32 Å². The van der Waals surface area contributed by atoms with E-state index in [-0.39, 0.29) is 5.91 Å².